The number of non-ortho nitro benzene ring substituents is 1. The van der Waals surface area contributed by atoms with Crippen LogP contribution in [0.25, 0.3) is 0 Å². The zero-order valence-corrected chi connectivity index (χ0v) is 18.7. The normalized spacial score (nSPS) is 18.2. The molecule has 1 unspecified atom stereocenters. The highest BCUT2D eigenvalue weighted by molar-refractivity contribution is 5.97. The van der Waals surface area contributed by atoms with Gasteiger partial charge >= 0.3 is 0 Å². The molecular formula is C26H26N4O4. The summed E-state index contributed by atoms with van der Waals surface area (Å²) >= 11 is 0. The first-order valence-electron chi connectivity index (χ1n) is 11.4. The molecule has 1 fully saturated rings. The molecule has 2 heterocycles. The van der Waals surface area contributed by atoms with Crippen molar-refractivity contribution in [1.82, 2.24) is 4.90 Å². The number of carbonyl (C=O) groups is 1. The van der Waals surface area contributed by atoms with Crippen LogP contribution in [0.4, 0.5) is 17.1 Å². The van der Waals surface area contributed by atoms with Gasteiger partial charge in [-0.1, -0.05) is 42.5 Å². The Balaban J connectivity index is 1.28. The molecule has 0 aliphatic carbocycles. The van der Waals surface area contributed by atoms with Gasteiger partial charge in [0.1, 0.15) is 12.4 Å². The number of carbonyl (C=O) groups excluding carboxylic acids is 1. The number of rotatable bonds is 5. The average Bonchev–Trinajstić information content (AvgIpc) is 2.89. The van der Waals surface area contributed by atoms with Crippen molar-refractivity contribution >= 4 is 23.0 Å². The van der Waals surface area contributed by atoms with Crippen LogP contribution in [-0.4, -0.2) is 55.1 Å². The van der Waals surface area contributed by atoms with Crippen LogP contribution in [0.5, 0.6) is 5.75 Å². The Morgan fingerprint density at radius 3 is 2.29 bits per heavy atom. The van der Waals surface area contributed by atoms with Crippen molar-refractivity contribution in [3.05, 3.63) is 94.5 Å². The van der Waals surface area contributed by atoms with Crippen molar-refractivity contribution in [2.24, 2.45) is 0 Å². The van der Waals surface area contributed by atoms with E-state index in [2.05, 4.69) is 9.80 Å². The number of piperazine rings is 1. The van der Waals surface area contributed by atoms with Crippen LogP contribution in [0.2, 0.25) is 0 Å². The van der Waals surface area contributed by atoms with E-state index >= 15 is 0 Å². The Kier molecular flexibility index (Phi) is 6.14. The molecule has 1 amide bonds. The van der Waals surface area contributed by atoms with Gasteiger partial charge in [0.2, 0.25) is 5.91 Å². The van der Waals surface area contributed by atoms with Crippen LogP contribution < -0.4 is 14.5 Å². The number of ether oxygens (including phenoxy) is 1. The maximum Gasteiger partial charge on any atom is 0.269 e. The summed E-state index contributed by atoms with van der Waals surface area (Å²) in [6.45, 7) is 3.74. The summed E-state index contributed by atoms with van der Waals surface area (Å²) in [5.41, 5.74) is 2.90. The minimum atomic E-state index is -0.389. The number of benzene rings is 3. The molecule has 0 radical (unpaired) electrons. The summed E-state index contributed by atoms with van der Waals surface area (Å²) < 4.78 is 5.99. The first-order valence-corrected chi connectivity index (χ1v) is 11.4. The summed E-state index contributed by atoms with van der Waals surface area (Å²) in [5, 5.41) is 10.9. The van der Waals surface area contributed by atoms with Crippen LogP contribution in [0, 0.1) is 10.1 Å². The van der Waals surface area contributed by atoms with Crippen molar-refractivity contribution in [2.75, 3.05) is 49.1 Å². The molecule has 3 aromatic carbocycles. The maximum absolute atomic E-state index is 13.6. The van der Waals surface area contributed by atoms with Gasteiger partial charge in [-0.3, -0.25) is 24.7 Å². The van der Waals surface area contributed by atoms with Crippen molar-refractivity contribution in [3.8, 4) is 5.75 Å². The third-order valence-corrected chi connectivity index (χ3v) is 6.44. The summed E-state index contributed by atoms with van der Waals surface area (Å²) in [5.74, 6) is 0.777. The summed E-state index contributed by atoms with van der Waals surface area (Å²) in [7, 11) is 0. The first-order chi connectivity index (χ1) is 16.6. The molecule has 8 nitrogen and oxygen atoms in total. The second-order valence-corrected chi connectivity index (χ2v) is 8.51. The summed E-state index contributed by atoms with van der Waals surface area (Å²) in [4.78, 5) is 30.4. The van der Waals surface area contributed by atoms with Gasteiger partial charge in [0, 0.05) is 44.0 Å². The minimum Gasteiger partial charge on any atom is -0.489 e. The Labute approximate surface area is 198 Å². The van der Waals surface area contributed by atoms with Gasteiger partial charge in [-0.25, -0.2) is 0 Å². The second-order valence-electron chi connectivity index (χ2n) is 8.51. The van der Waals surface area contributed by atoms with Crippen LogP contribution in [-0.2, 0) is 4.79 Å². The van der Waals surface area contributed by atoms with Crippen molar-refractivity contribution < 1.29 is 14.5 Å². The predicted molar refractivity (Wildman–Crippen MR) is 130 cm³/mol. The zero-order chi connectivity index (χ0) is 23.5. The highest BCUT2D eigenvalue weighted by Gasteiger charge is 2.34. The summed E-state index contributed by atoms with van der Waals surface area (Å²) in [6.07, 6.45) is 0. The van der Waals surface area contributed by atoms with Gasteiger partial charge in [0.05, 0.1) is 23.2 Å². The van der Waals surface area contributed by atoms with Crippen LogP contribution >= 0.6 is 0 Å². The van der Waals surface area contributed by atoms with Crippen LogP contribution in [0.15, 0.2) is 78.9 Å². The van der Waals surface area contributed by atoms with Gasteiger partial charge in [0.15, 0.2) is 0 Å². The first kappa shape index (κ1) is 21.9. The van der Waals surface area contributed by atoms with Crippen molar-refractivity contribution in [3.63, 3.8) is 0 Å². The molecule has 34 heavy (non-hydrogen) atoms. The lowest BCUT2D eigenvalue weighted by Crippen LogP contribution is -2.51. The third-order valence-electron chi connectivity index (χ3n) is 6.44. The highest BCUT2D eigenvalue weighted by atomic mass is 16.6. The molecule has 0 spiro atoms. The number of nitro groups is 1. The van der Waals surface area contributed by atoms with E-state index in [-0.39, 0.29) is 22.6 Å². The Bertz CT molecular complexity index is 1160. The predicted octanol–water partition coefficient (Wildman–Crippen LogP) is 3.88. The SMILES string of the molecule is O=C(CN1CCN(c2ccc([N+](=O)[O-])cc2)CC1)N1c2ccccc2OCC1c1ccccc1. The standard InChI is InChI=1S/C26H26N4O4/c31-26(18-27-14-16-28(17-15-27)21-10-12-22(13-11-21)30(32)33)29-23-8-4-5-9-25(23)34-19-24(29)20-6-2-1-3-7-20/h1-13,24H,14-19H2. The Morgan fingerprint density at radius 1 is 0.912 bits per heavy atom. The molecule has 3 aromatic rings. The molecule has 174 valence electrons. The van der Waals surface area contributed by atoms with E-state index in [1.165, 1.54) is 12.1 Å². The van der Waals surface area contributed by atoms with Gasteiger partial charge in [-0.15, -0.1) is 0 Å². The van der Waals surface area contributed by atoms with Crippen molar-refractivity contribution in [1.29, 1.82) is 0 Å². The largest absolute Gasteiger partial charge is 0.489 e. The fraction of sp³-hybridized carbons (Fsp3) is 0.269. The number of nitrogens with zero attached hydrogens (tertiary/aromatic N) is 4. The lowest BCUT2D eigenvalue weighted by Gasteiger charge is -2.40. The number of hydrogen-bond acceptors (Lipinski definition) is 6. The fourth-order valence-corrected chi connectivity index (χ4v) is 4.63. The highest BCUT2D eigenvalue weighted by Crippen LogP contribution is 2.39. The zero-order valence-electron chi connectivity index (χ0n) is 18.7. The average molecular weight is 459 g/mol. The monoisotopic (exact) mass is 458 g/mol. The van der Waals surface area contributed by atoms with E-state index in [0.29, 0.717) is 13.2 Å². The molecule has 1 atom stereocenters. The number of anilines is 2. The molecule has 2 aliphatic heterocycles. The van der Waals surface area contributed by atoms with E-state index in [9.17, 15) is 14.9 Å². The minimum absolute atomic E-state index is 0.0494. The Hall–Kier alpha value is -3.91. The third kappa shape index (κ3) is 4.45. The van der Waals surface area contributed by atoms with E-state index in [1.54, 1.807) is 12.1 Å². The molecule has 2 aliphatic rings. The van der Waals surface area contributed by atoms with Crippen LogP contribution in [0.1, 0.15) is 11.6 Å². The van der Waals surface area contributed by atoms with Gasteiger partial charge in [-0.05, 0) is 29.8 Å². The molecule has 1 saturated heterocycles. The molecular weight excluding hydrogens is 432 g/mol. The number of fused-ring (bicyclic) bond motifs is 1. The Morgan fingerprint density at radius 2 is 1.59 bits per heavy atom. The molecule has 0 saturated carbocycles. The van der Waals surface area contributed by atoms with Gasteiger partial charge in [0.25, 0.3) is 5.69 Å². The number of hydrogen-bond donors (Lipinski definition) is 0. The van der Waals surface area contributed by atoms with E-state index < -0.39 is 0 Å². The van der Waals surface area contributed by atoms with Gasteiger partial charge < -0.3 is 9.64 Å². The summed E-state index contributed by atoms with van der Waals surface area (Å²) in [6, 6.07) is 24.2. The number of amides is 1. The molecule has 5 rings (SSSR count). The molecule has 0 bridgehead atoms. The molecule has 0 aromatic heterocycles. The molecule has 0 N–H and O–H groups in total. The lowest BCUT2D eigenvalue weighted by molar-refractivity contribution is -0.384. The van der Waals surface area contributed by atoms with E-state index in [1.807, 2.05) is 59.5 Å². The van der Waals surface area contributed by atoms with Gasteiger partial charge in [-0.2, -0.15) is 0 Å². The van der Waals surface area contributed by atoms with Crippen LogP contribution in [0.3, 0.4) is 0 Å². The smallest absolute Gasteiger partial charge is 0.269 e. The van der Waals surface area contributed by atoms with E-state index in [0.717, 1.165) is 48.9 Å². The second kappa shape index (κ2) is 9.52. The maximum atomic E-state index is 13.6. The quantitative estimate of drug-likeness (QED) is 0.426. The number of nitro benzene ring substituents is 1. The molecule has 8 heteroatoms. The number of para-hydroxylation sites is 2. The van der Waals surface area contributed by atoms with E-state index in [4.69, 9.17) is 4.74 Å². The fourth-order valence-electron chi connectivity index (χ4n) is 4.63. The lowest BCUT2D eigenvalue weighted by atomic mass is 10.0. The van der Waals surface area contributed by atoms with Crippen molar-refractivity contribution in [2.45, 2.75) is 6.04 Å². The topological polar surface area (TPSA) is 79.2 Å².